The summed E-state index contributed by atoms with van der Waals surface area (Å²) in [6, 6.07) is 4.87. The predicted molar refractivity (Wildman–Crippen MR) is 76.6 cm³/mol. The monoisotopic (exact) mass is 277 g/mol. The maximum atomic E-state index is 11.4. The predicted octanol–water partition coefficient (Wildman–Crippen LogP) is 1.20. The zero-order valence-corrected chi connectivity index (χ0v) is 11.2. The van der Waals surface area contributed by atoms with Gasteiger partial charge in [0.15, 0.2) is 0 Å². The van der Waals surface area contributed by atoms with Crippen LogP contribution in [0.5, 0.6) is 0 Å². The number of carboxylic acid groups (broad SMARTS) is 1. The number of nitrogens with two attached hydrogens (primary N) is 2. The Morgan fingerprint density at radius 1 is 1.30 bits per heavy atom. The highest BCUT2D eigenvalue weighted by Gasteiger charge is 2.27. The third-order valence-electron chi connectivity index (χ3n) is 3.65. The van der Waals surface area contributed by atoms with Crippen molar-refractivity contribution in [2.45, 2.75) is 31.7 Å². The van der Waals surface area contributed by atoms with Crippen LogP contribution < -0.4 is 16.4 Å². The van der Waals surface area contributed by atoms with Gasteiger partial charge in [-0.2, -0.15) is 0 Å². The van der Waals surface area contributed by atoms with Gasteiger partial charge in [0, 0.05) is 11.7 Å². The number of amides is 1. The van der Waals surface area contributed by atoms with Crippen molar-refractivity contribution in [1.29, 1.82) is 0 Å². The van der Waals surface area contributed by atoms with Crippen LogP contribution in [-0.2, 0) is 4.79 Å². The number of hydrogen-bond donors (Lipinski definition) is 3. The summed E-state index contributed by atoms with van der Waals surface area (Å²) < 4.78 is 0. The molecule has 0 saturated heterocycles. The van der Waals surface area contributed by atoms with Crippen molar-refractivity contribution in [3.63, 3.8) is 0 Å². The van der Waals surface area contributed by atoms with Gasteiger partial charge in [0.1, 0.15) is 0 Å². The molecule has 1 aromatic rings. The number of primary amides is 1. The zero-order chi connectivity index (χ0) is 14.7. The van der Waals surface area contributed by atoms with Crippen molar-refractivity contribution in [1.82, 2.24) is 0 Å². The topological polar surface area (TPSA) is 110 Å². The number of benzene rings is 1. The lowest BCUT2D eigenvalue weighted by Gasteiger charge is -2.31. The van der Waals surface area contributed by atoms with Crippen LogP contribution in [0, 0.1) is 0 Å². The summed E-state index contributed by atoms with van der Waals surface area (Å²) in [5.74, 6) is -1.52. The molecule has 6 heteroatoms. The second kappa shape index (κ2) is 5.81. The maximum absolute atomic E-state index is 11.4. The number of rotatable bonds is 5. The quantitative estimate of drug-likeness (QED) is 0.700. The van der Waals surface area contributed by atoms with E-state index >= 15 is 0 Å². The lowest BCUT2D eigenvalue weighted by Crippen LogP contribution is -2.41. The van der Waals surface area contributed by atoms with Gasteiger partial charge in [0.05, 0.1) is 17.8 Å². The molecule has 0 aliphatic heterocycles. The molecule has 0 heterocycles. The van der Waals surface area contributed by atoms with Crippen LogP contribution in [0.1, 0.15) is 36.0 Å². The lowest BCUT2D eigenvalue weighted by atomic mass is 10.1. The van der Waals surface area contributed by atoms with Crippen molar-refractivity contribution in [2.75, 3.05) is 17.2 Å². The van der Waals surface area contributed by atoms with E-state index in [0.29, 0.717) is 11.4 Å². The molecule has 2 rings (SSSR count). The van der Waals surface area contributed by atoms with Crippen LogP contribution in [0.2, 0.25) is 0 Å². The van der Waals surface area contributed by atoms with E-state index < -0.39 is 11.9 Å². The van der Waals surface area contributed by atoms with E-state index in [-0.39, 0.29) is 18.2 Å². The summed E-state index contributed by atoms with van der Waals surface area (Å²) in [5.41, 5.74) is 12.0. The number of anilines is 2. The van der Waals surface area contributed by atoms with Gasteiger partial charge < -0.3 is 21.5 Å². The molecule has 1 aliphatic rings. The maximum Gasteiger partial charge on any atom is 0.337 e. The summed E-state index contributed by atoms with van der Waals surface area (Å²) in [6.45, 7) is 0.0227. The first-order valence-electron chi connectivity index (χ1n) is 6.67. The van der Waals surface area contributed by atoms with Crippen molar-refractivity contribution in [3.05, 3.63) is 23.8 Å². The second-order valence-corrected chi connectivity index (χ2v) is 5.11. The first-order chi connectivity index (χ1) is 9.49. The summed E-state index contributed by atoms with van der Waals surface area (Å²) in [4.78, 5) is 24.5. The number of carbonyl (C=O) groups excluding carboxylic acids is 1. The lowest BCUT2D eigenvalue weighted by molar-refractivity contribution is -0.116. The first-order valence-corrected chi connectivity index (χ1v) is 6.67. The second-order valence-electron chi connectivity index (χ2n) is 5.11. The Bertz CT molecular complexity index is 524. The number of hydrogen-bond acceptors (Lipinski definition) is 4. The number of aromatic carboxylic acids is 1. The average Bonchev–Trinajstić information content (AvgIpc) is 2.89. The first kappa shape index (κ1) is 14.2. The molecular weight excluding hydrogens is 258 g/mol. The van der Waals surface area contributed by atoms with E-state index in [1.54, 1.807) is 17.0 Å². The van der Waals surface area contributed by atoms with Crippen molar-refractivity contribution in [2.24, 2.45) is 5.73 Å². The number of carboxylic acids is 1. The molecule has 20 heavy (non-hydrogen) atoms. The molecule has 108 valence electrons. The molecule has 6 nitrogen and oxygen atoms in total. The number of nitrogens with zero attached hydrogens (tertiary/aromatic N) is 1. The van der Waals surface area contributed by atoms with E-state index in [1.165, 1.54) is 6.07 Å². The summed E-state index contributed by atoms with van der Waals surface area (Å²) in [6.07, 6.45) is 4.04. The van der Waals surface area contributed by atoms with Crippen LogP contribution >= 0.6 is 0 Å². The summed E-state index contributed by atoms with van der Waals surface area (Å²) >= 11 is 0. The SMILES string of the molecule is NC(=O)CN(c1ccc(N)cc1C(=O)O)C1CCCC1. The van der Waals surface area contributed by atoms with Crippen LogP contribution in [0.3, 0.4) is 0 Å². The molecule has 0 atom stereocenters. The Morgan fingerprint density at radius 3 is 2.50 bits per heavy atom. The van der Waals surface area contributed by atoms with Crippen LogP contribution in [0.25, 0.3) is 0 Å². The normalized spacial score (nSPS) is 15.2. The summed E-state index contributed by atoms with van der Waals surface area (Å²) in [5, 5.41) is 9.32. The van der Waals surface area contributed by atoms with Crippen LogP contribution in [0.4, 0.5) is 11.4 Å². The fraction of sp³-hybridized carbons (Fsp3) is 0.429. The molecule has 1 aliphatic carbocycles. The highest BCUT2D eigenvalue weighted by atomic mass is 16.4. The van der Waals surface area contributed by atoms with Crippen LogP contribution in [0.15, 0.2) is 18.2 Å². The fourth-order valence-corrected chi connectivity index (χ4v) is 2.77. The Morgan fingerprint density at radius 2 is 1.95 bits per heavy atom. The van der Waals surface area contributed by atoms with Gasteiger partial charge in [0.25, 0.3) is 0 Å². The van der Waals surface area contributed by atoms with Gasteiger partial charge in [-0.3, -0.25) is 4.79 Å². The number of nitrogen functional groups attached to an aromatic ring is 1. The van der Waals surface area contributed by atoms with E-state index in [2.05, 4.69) is 0 Å². The molecular formula is C14H19N3O3. The Hall–Kier alpha value is -2.24. The summed E-state index contributed by atoms with van der Waals surface area (Å²) in [7, 11) is 0. The van der Waals surface area contributed by atoms with Crippen molar-refractivity contribution in [3.8, 4) is 0 Å². The van der Waals surface area contributed by atoms with Crippen LogP contribution in [-0.4, -0.2) is 29.6 Å². The standard InChI is InChI=1S/C14H19N3O3/c15-9-5-6-12(11(7-9)14(19)20)17(8-13(16)18)10-3-1-2-4-10/h5-7,10H,1-4,8,15H2,(H2,16,18)(H,19,20). The Labute approximate surface area is 117 Å². The van der Waals surface area contributed by atoms with Crippen molar-refractivity contribution < 1.29 is 14.7 Å². The molecule has 0 unspecified atom stereocenters. The molecule has 5 N–H and O–H groups in total. The molecule has 0 spiro atoms. The molecule has 1 fully saturated rings. The van der Waals surface area contributed by atoms with Gasteiger partial charge in [-0.1, -0.05) is 12.8 Å². The largest absolute Gasteiger partial charge is 0.478 e. The Balaban J connectivity index is 2.41. The molecule has 0 aromatic heterocycles. The van der Waals surface area contributed by atoms with Gasteiger partial charge in [0.2, 0.25) is 5.91 Å². The van der Waals surface area contributed by atoms with E-state index in [9.17, 15) is 14.7 Å². The minimum Gasteiger partial charge on any atom is -0.478 e. The molecule has 1 amide bonds. The molecule has 0 bridgehead atoms. The Kier molecular flexibility index (Phi) is 4.12. The smallest absolute Gasteiger partial charge is 0.337 e. The van der Waals surface area contributed by atoms with Gasteiger partial charge >= 0.3 is 5.97 Å². The molecule has 1 aromatic carbocycles. The minimum absolute atomic E-state index is 0.0227. The molecule has 1 saturated carbocycles. The van der Waals surface area contributed by atoms with E-state index in [0.717, 1.165) is 25.7 Å². The van der Waals surface area contributed by atoms with E-state index in [4.69, 9.17) is 11.5 Å². The highest BCUT2D eigenvalue weighted by molar-refractivity contribution is 5.96. The average molecular weight is 277 g/mol. The van der Waals surface area contributed by atoms with E-state index in [1.807, 2.05) is 0 Å². The minimum atomic E-state index is -1.06. The fourth-order valence-electron chi connectivity index (χ4n) is 2.77. The highest BCUT2D eigenvalue weighted by Crippen LogP contribution is 2.31. The molecule has 0 radical (unpaired) electrons. The zero-order valence-electron chi connectivity index (χ0n) is 11.2. The van der Waals surface area contributed by atoms with Gasteiger partial charge in [-0.15, -0.1) is 0 Å². The van der Waals surface area contributed by atoms with Gasteiger partial charge in [-0.05, 0) is 31.0 Å². The third-order valence-corrected chi connectivity index (χ3v) is 3.65. The third kappa shape index (κ3) is 3.01. The van der Waals surface area contributed by atoms with Crippen molar-refractivity contribution >= 4 is 23.3 Å². The van der Waals surface area contributed by atoms with Gasteiger partial charge in [-0.25, -0.2) is 4.79 Å². The number of carbonyl (C=O) groups is 2.